The second-order valence-corrected chi connectivity index (χ2v) is 4.07. The lowest BCUT2D eigenvalue weighted by Crippen LogP contribution is -2.27. The Bertz CT molecular complexity index is 580. The number of methoxy groups -OCH3 is 1. The van der Waals surface area contributed by atoms with E-state index in [1.807, 2.05) is 24.3 Å². The Labute approximate surface area is 105 Å². The summed E-state index contributed by atoms with van der Waals surface area (Å²) < 4.78 is 4.67. The number of anilines is 1. The van der Waals surface area contributed by atoms with Gasteiger partial charge in [0.25, 0.3) is 0 Å². The van der Waals surface area contributed by atoms with Crippen molar-refractivity contribution in [3.63, 3.8) is 0 Å². The molecule has 0 unspecified atom stereocenters. The van der Waals surface area contributed by atoms with Crippen molar-refractivity contribution in [3.05, 3.63) is 36.4 Å². The minimum Gasteiger partial charge on any atom is -0.507 e. The van der Waals surface area contributed by atoms with Gasteiger partial charge in [-0.1, -0.05) is 24.3 Å². The van der Waals surface area contributed by atoms with Crippen LogP contribution in [0.4, 0.5) is 5.69 Å². The predicted octanol–water partition coefficient (Wildman–Crippen LogP) is 2.52. The summed E-state index contributed by atoms with van der Waals surface area (Å²) in [5.74, 6) is -0.103. The van der Waals surface area contributed by atoms with Gasteiger partial charge < -0.3 is 15.2 Å². The minimum atomic E-state index is -0.442. The van der Waals surface area contributed by atoms with E-state index < -0.39 is 6.04 Å². The first-order chi connectivity index (χ1) is 8.63. The number of aromatic hydroxyl groups is 1. The van der Waals surface area contributed by atoms with Gasteiger partial charge in [-0.3, -0.25) is 0 Å². The number of fused-ring (bicyclic) bond motifs is 1. The fourth-order valence-corrected chi connectivity index (χ4v) is 1.88. The molecule has 0 amide bonds. The molecule has 1 atom stereocenters. The topological polar surface area (TPSA) is 58.6 Å². The van der Waals surface area contributed by atoms with Crippen LogP contribution in [-0.4, -0.2) is 24.2 Å². The van der Waals surface area contributed by atoms with Gasteiger partial charge in [0.05, 0.1) is 7.11 Å². The zero-order valence-corrected chi connectivity index (χ0v) is 10.3. The number of rotatable bonds is 3. The maximum atomic E-state index is 11.4. The van der Waals surface area contributed by atoms with Crippen molar-refractivity contribution in [1.82, 2.24) is 0 Å². The molecular weight excluding hydrogens is 230 g/mol. The van der Waals surface area contributed by atoms with E-state index in [9.17, 15) is 9.90 Å². The van der Waals surface area contributed by atoms with Crippen molar-refractivity contribution in [2.45, 2.75) is 13.0 Å². The summed E-state index contributed by atoms with van der Waals surface area (Å²) in [5.41, 5.74) is 0.793. The number of carbonyl (C=O) groups is 1. The molecule has 0 fully saturated rings. The first kappa shape index (κ1) is 12.2. The Morgan fingerprint density at radius 1 is 1.22 bits per heavy atom. The number of hydrogen-bond acceptors (Lipinski definition) is 4. The summed E-state index contributed by atoms with van der Waals surface area (Å²) in [6.45, 7) is 1.73. The maximum Gasteiger partial charge on any atom is 0.327 e. The monoisotopic (exact) mass is 245 g/mol. The van der Waals surface area contributed by atoms with Crippen molar-refractivity contribution in [1.29, 1.82) is 0 Å². The highest BCUT2D eigenvalue weighted by molar-refractivity contribution is 5.98. The van der Waals surface area contributed by atoms with Gasteiger partial charge in [0.15, 0.2) is 0 Å². The van der Waals surface area contributed by atoms with Gasteiger partial charge in [0.1, 0.15) is 11.8 Å². The summed E-state index contributed by atoms with van der Waals surface area (Å²) in [6.07, 6.45) is 0. The molecule has 2 aromatic carbocycles. The van der Waals surface area contributed by atoms with Crippen LogP contribution in [0.3, 0.4) is 0 Å². The third-order valence-corrected chi connectivity index (χ3v) is 2.83. The Hall–Kier alpha value is -2.23. The molecule has 4 nitrogen and oxygen atoms in total. The van der Waals surface area contributed by atoms with E-state index in [4.69, 9.17) is 0 Å². The van der Waals surface area contributed by atoms with Crippen molar-refractivity contribution in [3.8, 4) is 5.75 Å². The highest BCUT2D eigenvalue weighted by Gasteiger charge is 2.14. The second kappa shape index (κ2) is 4.96. The Morgan fingerprint density at radius 2 is 1.89 bits per heavy atom. The largest absolute Gasteiger partial charge is 0.507 e. The van der Waals surface area contributed by atoms with Crippen LogP contribution in [-0.2, 0) is 9.53 Å². The highest BCUT2D eigenvalue weighted by Crippen LogP contribution is 2.30. The Balaban J connectivity index is 2.40. The van der Waals surface area contributed by atoms with Crippen LogP contribution in [0.2, 0.25) is 0 Å². The SMILES string of the molecule is COC(=O)[C@H](C)Nc1ccc(O)c2ccccc12. The fourth-order valence-electron chi connectivity index (χ4n) is 1.88. The van der Waals surface area contributed by atoms with E-state index >= 15 is 0 Å². The molecule has 0 heterocycles. The summed E-state index contributed by atoms with van der Waals surface area (Å²) in [6, 6.07) is 10.4. The quantitative estimate of drug-likeness (QED) is 0.644. The zero-order valence-electron chi connectivity index (χ0n) is 10.3. The van der Waals surface area contributed by atoms with Crippen LogP contribution < -0.4 is 5.32 Å². The summed E-state index contributed by atoms with van der Waals surface area (Å²) >= 11 is 0. The first-order valence-electron chi connectivity index (χ1n) is 5.68. The number of carbonyl (C=O) groups excluding carboxylic acids is 1. The molecule has 0 aliphatic rings. The first-order valence-corrected chi connectivity index (χ1v) is 5.68. The lowest BCUT2D eigenvalue weighted by Gasteiger charge is -2.15. The van der Waals surface area contributed by atoms with E-state index in [0.717, 1.165) is 16.5 Å². The Morgan fingerprint density at radius 3 is 2.56 bits per heavy atom. The van der Waals surface area contributed by atoms with E-state index in [1.54, 1.807) is 19.1 Å². The molecule has 2 aromatic rings. The average Bonchev–Trinajstić information content (AvgIpc) is 2.41. The molecule has 0 radical (unpaired) electrons. The zero-order chi connectivity index (χ0) is 13.1. The van der Waals surface area contributed by atoms with Gasteiger partial charge in [-0.15, -0.1) is 0 Å². The molecule has 0 saturated carbocycles. The molecule has 2 N–H and O–H groups in total. The third-order valence-electron chi connectivity index (χ3n) is 2.83. The van der Waals surface area contributed by atoms with Crippen LogP contribution in [0.5, 0.6) is 5.75 Å². The molecule has 94 valence electrons. The number of esters is 1. The van der Waals surface area contributed by atoms with Crippen molar-refractivity contribution in [2.24, 2.45) is 0 Å². The lowest BCUT2D eigenvalue weighted by molar-refractivity contribution is -0.141. The summed E-state index contributed by atoms with van der Waals surface area (Å²) in [7, 11) is 1.36. The molecule has 0 bridgehead atoms. The third kappa shape index (κ3) is 2.22. The van der Waals surface area contributed by atoms with Gasteiger partial charge >= 0.3 is 5.97 Å². The van der Waals surface area contributed by atoms with Crippen LogP contribution in [0.1, 0.15) is 6.92 Å². The van der Waals surface area contributed by atoms with E-state index in [1.165, 1.54) is 7.11 Å². The normalized spacial score (nSPS) is 12.1. The van der Waals surface area contributed by atoms with E-state index in [-0.39, 0.29) is 11.7 Å². The number of nitrogens with one attached hydrogen (secondary N) is 1. The number of hydrogen-bond donors (Lipinski definition) is 2. The molecule has 0 aromatic heterocycles. The molecule has 0 saturated heterocycles. The molecule has 0 spiro atoms. The van der Waals surface area contributed by atoms with Crippen LogP contribution in [0.25, 0.3) is 10.8 Å². The number of phenols is 1. The van der Waals surface area contributed by atoms with Gasteiger partial charge in [-0.05, 0) is 19.1 Å². The van der Waals surface area contributed by atoms with Crippen LogP contribution in [0.15, 0.2) is 36.4 Å². The maximum absolute atomic E-state index is 11.4. The fraction of sp³-hybridized carbons (Fsp3) is 0.214. The van der Waals surface area contributed by atoms with Crippen LogP contribution in [0, 0.1) is 0 Å². The number of benzene rings is 2. The number of ether oxygens (including phenoxy) is 1. The molecule has 18 heavy (non-hydrogen) atoms. The van der Waals surface area contributed by atoms with Crippen molar-refractivity contribution >= 4 is 22.4 Å². The average molecular weight is 245 g/mol. The Kier molecular flexibility index (Phi) is 3.37. The van der Waals surface area contributed by atoms with Crippen LogP contribution >= 0.6 is 0 Å². The molecule has 4 heteroatoms. The number of phenolic OH excluding ortho intramolecular Hbond substituents is 1. The molecular formula is C14H15NO3. The summed E-state index contributed by atoms with van der Waals surface area (Å²) in [5, 5.41) is 14.5. The molecule has 2 rings (SSSR count). The van der Waals surface area contributed by atoms with Crippen molar-refractivity contribution < 1.29 is 14.6 Å². The minimum absolute atomic E-state index is 0.224. The van der Waals surface area contributed by atoms with E-state index in [2.05, 4.69) is 10.1 Å². The van der Waals surface area contributed by atoms with Crippen molar-refractivity contribution in [2.75, 3.05) is 12.4 Å². The second-order valence-electron chi connectivity index (χ2n) is 4.07. The lowest BCUT2D eigenvalue weighted by atomic mass is 10.1. The summed E-state index contributed by atoms with van der Waals surface area (Å²) in [4.78, 5) is 11.4. The van der Waals surface area contributed by atoms with Gasteiger partial charge in [-0.2, -0.15) is 0 Å². The molecule has 0 aliphatic carbocycles. The molecule has 0 aliphatic heterocycles. The smallest absolute Gasteiger partial charge is 0.327 e. The predicted molar refractivity (Wildman–Crippen MR) is 70.7 cm³/mol. The van der Waals surface area contributed by atoms with Gasteiger partial charge in [0, 0.05) is 16.5 Å². The van der Waals surface area contributed by atoms with E-state index in [0.29, 0.717) is 0 Å². The van der Waals surface area contributed by atoms with Gasteiger partial charge in [-0.25, -0.2) is 4.79 Å². The highest BCUT2D eigenvalue weighted by atomic mass is 16.5. The standard InChI is InChI=1S/C14H15NO3/c1-9(14(17)18-2)15-12-7-8-13(16)11-6-4-3-5-10(11)12/h3-9,15-16H,1-2H3/t9-/m0/s1. The van der Waals surface area contributed by atoms with Gasteiger partial charge in [0.2, 0.25) is 0 Å².